The van der Waals surface area contributed by atoms with E-state index in [-0.39, 0.29) is 23.3 Å². The number of hydrogen-bond donors (Lipinski definition) is 2. The number of halogens is 1. The maximum Gasteiger partial charge on any atom is 0.221 e. The van der Waals surface area contributed by atoms with Crippen LogP contribution in [0.3, 0.4) is 0 Å². The first-order valence-corrected chi connectivity index (χ1v) is 6.58. The molecule has 1 rings (SSSR count). The lowest BCUT2D eigenvalue weighted by atomic mass is 10.1. The molecule has 0 bridgehead atoms. The van der Waals surface area contributed by atoms with Crippen molar-refractivity contribution in [3.05, 3.63) is 35.6 Å². The summed E-state index contributed by atoms with van der Waals surface area (Å²) in [5.41, 5.74) is 0.784. The zero-order valence-corrected chi connectivity index (χ0v) is 12.1. The van der Waals surface area contributed by atoms with Gasteiger partial charge in [0.15, 0.2) is 0 Å². The van der Waals surface area contributed by atoms with Crippen LogP contribution in [0.1, 0.15) is 45.7 Å². The van der Waals surface area contributed by atoms with Crippen LogP contribution in [0.4, 0.5) is 4.39 Å². The molecule has 106 valence electrons. The quantitative estimate of drug-likeness (QED) is 0.860. The number of amides is 1. The number of rotatable bonds is 5. The topological polar surface area (TPSA) is 41.1 Å². The Labute approximate surface area is 114 Å². The van der Waals surface area contributed by atoms with E-state index in [4.69, 9.17) is 0 Å². The summed E-state index contributed by atoms with van der Waals surface area (Å²) in [6.45, 7) is 8.65. The summed E-state index contributed by atoms with van der Waals surface area (Å²) in [4.78, 5) is 11.8. The van der Waals surface area contributed by atoms with E-state index in [0.717, 1.165) is 5.56 Å². The Hall–Kier alpha value is -1.42. The molecule has 0 aromatic heterocycles. The molecule has 1 aromatic carbocycles. The van der Waals surface area contributed by atoms with E-state index in [1.807, 2.05) is 6.92 Å². The zero-order chi connectivity index (χ0) is 14.5. The number of nitrogens with one attached hydrogen (secondary N) is 2. The van der Waals surface area contributed by atoms with Crippen LogP contribution in [0.5, 0.6) is 0 Å². The fourth-order valence-corrected chi connectivity index (χ4v) is 1.72. The van der Waals surface area contributed by atoms with E-state index in [9.17, 15) is 9.18 Å². The van der Waals surface area contributed by atoms with Gasteiger partial charge in [0.2, 0.25) is 5.91 Å². The van der Waals surface area contributed by atoms with E-state index in [1.54, 1.807) is 12.1 Å². The van der Waals surface area contributed by atoms with Crippen molar-refractivity contribution in [2.45, 2.75) is 45.7 Å². The molecule has 0 fully saturated rings. The summed E-state index contributed by atoms with van der Waals surface area (Å²) in [5.74, 6) is -0.318. The minimum absolute atomic E-state index is 0.00839. The van der Waals surface area contributed by atoms with Gasteiger partial charge < -0.3 is 10.6 Å². The van der Waals surface area contributed by atoms with Crippen LogP contribution in [-0.4, -0.2) is 18.0 Å². The molecule has 0 aliphatic carbocycles. The van der Waals surface area contributed by atoms with Gasteiger partial charge in [0.25, 0.3) is 0 Å². The third-order valence-electron chi connectivity index (χ3n) is 2.73. The molecule has 0 saturated carbocycles. The summed E-state index contributed by atoms with van der Waals surface area (Å²) >= 11 is 0. The molecule has 0 heterocycles. The van der Waals surface area contributed by atoms with Crippen molar-refractivity contribution in [1.82, 2.24) is 10.6 Å². The molecule has 0 radical (unpaired) electrons. The van der Waals surface area contributed by atoms with Crippen LogP contribution in [0.15, 0.2) is 24.3 Å². The first-order chi connectivity index (χ1) is 8.78. The van der Waals surface area contributed by atoms with Gasteiger partial charge in [-0.2, -0.15) is 0 Å². The van der Waals surface area contributed by atoms with Crippen molar-refractivity contribution in [2.24, 2.45) is 0 Å². The summed E-state index contributed by atoms with van der Waals surface area (Å²) in [6, 6.07) is 6.11. The smallest absolute Gasteiger partial charge is 0.221 e. The monoisotopic (exact) mass is 266 g/mol. The molecule has 4 heteroatoms. The van der Waals surface area contributed by atoms with Crippen LogP contribution in [0.2, 0.25) is 0 Å². The zero-order valence-electron chi connectivity index (χ0n) is 12.1. The SMILES string of the molecule is C[C@H](NC(=O)CCNC(C)(C)C)c1cccc(F)c1. The Morgan fingerprint density at radius 1 is 1.37 bits per heavy atom. The molecule has 0 aliphatic heterocycles. The Morgan fingerprint density at radius 3 is 2.63 bits per heavy atom. The van der Waals surface area contributed by atoms with Crippen molar-refractivity contribution in [2.75, 3.05) is 6.54 Å². The number of benzene rings is 1. The van der Waals surface area contributed by atoms with Gasteiger partial charge in [0, 0.05) is 18.5 Å². The van der Waals surface area contributed by atoms with E-state index in [0.29, 0.717) is 13.0 Å². The lowest BCUT2D eigenvalue weighted by Crippen LogP contribution is -2.38. The van der Waals surface area contributed by atoms with Crippen LogP contribution in [0, 0.1) is 5.82 Å². The third-order valence-corrected chi connectivity index (χ3v) is 2.73. The first kappa shape index (κ1) is 15.6. The summed E-state index contributed by atoms with van der Waals surface area (Å²) in [7, 11) is 0. The minimum Gasteiger partial charge on any atom is -0.350 e. The van der Waals surface area contributed by atoms with Crippen LogP contribution < -0.4 is 10.6 Å². The highest BCUT2D eigenvalue weighted by molar-refractivity contribution is 5.76. The second-order valence-corrected chi connectivity index (χ2v) is 5.77. The highest BCUT2D eigenvalue weighted by atomic mass is 19.1. The maximum atomic E-state index is 13.1. The molecule has 19 heavy (non-hydrogen) atoms. The number of carbonyl (C=O) groups excluding carboxylic acids is 1. The van der Waals surface area contributed by atoms with Crippen molar-refractivity contribution in [3.63, 3.8) is 0 Å². The predicted octanol–water partition coefficient (Wildman–Crippen LogP) is 2.78. The third kappa shape index (κ3) is 6.34. The maximum absolute atomic E-state index is 13.1. The van der Waals surface area contributed by atoms with Gasteiger partial charge in [-0.05, 0) is 45.4 Å². The largest absolute Gasteiger partial charge is 0.350 e. The van der Waals surface area contributed by atoms with Crippen LogP contribution in [-0.2, 0) is 4.79 Å². The van der Waals surface area contributed by atoms with E-state index in [1.165, 1.54) is 12.1 Å². The highest BCUT2D eigenvalue weighted by Crippen LogP contribution is 2.13. The van der Waals surface area contributed by atoms with Gasteiger partial charge in [-0.1, -0.05) is 12.1 Å². The predicted molar refractivity (Wildman–Crippen MR) is 75.3 cm³/mol. The second-order valence-electron chi connectivity index (χ2n) is 5.77. The fraction of sp³-hybridized carbons (Fsp3) is 0.533. The van der Waals surface area contributed by atoms with Crippen molar-refractivity contribution >= 4 is 5.91 Å². The van der Waals surface area contributed by atoms with E-state index >= 15 is 0 Å². The molecule has 0 aliphatic rings. The van der Waals surface area contributed by atoms with Crippen LogP contribution >= 0.6 is 0 Å². The number of hydrogen-bond acceptors (Lipinski definition) is 2. The molecule has 3 nitrogen and oxygen atoms in total. The first-order valence-electron chi connectivity index (χ1n) is 6.58. The Morgan fingerprint density at radius 2 is 2.05 bits per heavy atom. The minimum atomic E-state index is -0.284. The lowest BCUT2D eigenvalue weighted by molar-refractivity contribution is -0.121. The Bertz CT molecular complexity index is 426. The average molecular weight is 266 g/mol. The molecule has 1 amide bonds. The van der Waals surface area contributed by atoms with Crippen molar-refractivity contribution < 1.29 is 9.18 Å². The van der Waals surface area contributed by atoms with Crippen molar-refractivity contribution in [3.8, 4) is 0 Å². The lowest BCUT2D eigenvalue weighted by Gasteiger charge is -2.21. The van der Waals surface area contributed by atoms with Gasteiger partial charge in [-0.3, -0.25) is 4.79 Å². The molecule has 0 unspecified atom stereocenters. The molecular weight excluding hydrogens is 243 g/mol. The van der Waals surface area contributed by atoms with Gasteiger partial charge >= 0.3 is 0 Å². The van der Waals surface area contributed by atoms with Gasteiger partial charge in [0.1, 0.15) is 5.82 Å². The van der Waals surface area contributed by atoms with Gasteiger partial charge in [0.05, 0.1) is 6.04 Å². The Balaban J connectivity index is 2.40. The normalized spacial score (nSPS) is 13.1. The molecule has 2 N–H and O–H groups in total. The number of carbonyl (C=O) groups is 1. The van der Waals surface area contributed by atoms with E-state index in [2.05, 4.69) is 31.4 Å². The molecule has 0 saturated heterocycles. The second kappa shape index (κ2) is 6.66. The molecule has 1 aromatic rings. The summed E-state index contributed by atoms with van der Waals surface area (Å²) in [6.07, 6.45) is 0.414. The molecule has 1 atom stereocenters. The highest BCUT2D eigenvalue weighted by Gasteiger charge is 2.12. The van der Waals surface area contributed by atoms with Gasteiger partial charge in [-0.15, -0.1) is 0 Å². The van der Waals surface area contributed by atoms with Crippen molar-refractivity contribution in [1.29, 1.82) is 0 Å². The van der Waals surface area contributed by atoms with Crippen LogP contribution in [0.25, 0.3) is 0 Å². The van der Waals surface area contributed by atoms with Gasteiger partial charge in [-0.25, -0.2) is 4.39 Å². The molecule has 0 spiro atoms. The fourth-order valence-electron chi connectivity index (χ4n) is 1.72. The Kier molecular flexibility index (Phi) is 5.48. The average Bonchev–Trinajstić information content (AvgIpc) is 2.27. The summed E-state index contributed by atoms with van der Waals surface area (Å²) < 4.78 is 13.1. The summed E-state index contributed by atoms with van der Waals surface area (Å²) in [5, 5.41) is 6.12. The standard InChI is InChI=1S/C15H23FN2O/c1-11(12-6-5-7-13(16)10-12)18-14(19)8-9-17-15(2,3)4/h5-7,10-11,17H,8-9H2,1-4H3,(H,18,19)/t11-/m0/s1. The van der Waals surface area contributed by atoms with E-state index < -0.39 is 0 Å². The molecular formula is C15H23FN2O.